The van der Waals surface area contributed by atoms with Gasteiger partial charge in [0.25, 0.3) is 0 Å². The van der Waals surface area contributed by atoms with Gasteiger partial charge in [-0.3, -0.25) is 0 Å². The molecule has 4 rings (SSSR count). The van der Waals surface area contributed by atoms with Crippen LogP contribution in [-0.4, -0.2) is 6.61 Å². The molecule has 3 aromatic rings. The topological polar surface area (TPSA) is 9.23 Å². The second-order valence-corrected chi connectivity index (χ2v) is 4.19. The average molecular weight is 206 g/mol. The van der Waals surface area contributed by atoms with E-state index in [4.69, 9.17) is 4.74 Å². The minimum Gasteiger partial charge on any atom is -0.489 e. The van der Waals surface area contributed by atoms with Crippen LogP contribution in [0.5, 0.6) is 5.75 Å². The summed E-state index contributed by atoms with van der Waals surface area (Å²) in [5.41, 5.74) is 0. The summed E-state index contributed by atoms with van der Waals surface area (Å²) < 4.78 is 5.61. The molecule has 76 valence electrons. The summed E-state index contributed by atoms with van der Waals surface area (Å²) in [4.78, 5) is 0. The third kappa shape index (κ3) is 0.904. The lowest BCUT2D eigenvalue weighted by Gasteiger charge is -2.07. The number of benzene rings is 3. The smallest absolute Gasteiger partial charge is 0.128 e. The first-order valence-electron chi connectivity index (χ1n) is 5.51. The summed E-state index contributed by atoms with van der Waals surface area (Å²) in [6.45, 7) is 0.700. The van der Waals surface area contributed by atoms with Crippen molar-refractivity contribution in [2.75, 3.05) is 6.61 Å². The number of hydrogen-bond donors (Lipinski definition) is 0. The van der Waals surface area contributed by atoms with Gasteiger partial charge in [-0.25, -0.2) is 0 Å². The fraction of sp³-hybridized carbons (Fsp3) is 0.0667. The Bertz CT molecular complexity index is 751. The average Bonchev–Trinajstić information content (AvgIpc) is 2.78. The van der Waals surface area contributed by atoms with Crippen LogP contribution >= 0.6 is 0 Å². The van der Waals surface area contributed by atoms with E-state index in [1.807, 2.05) is 0 Å². The molecule has 1 aliphatic rings. The molecule has 0 fully saturated rings. The molecule has 0 unspecified atom stereocenters. The molecular weight excluding hydrogens is 196 g/mol. The molecule has 0 aromatic heterocycles. The molecule has 0 saturated carbocycles. The van der Waals surface area contributed by atoms with E-state index in [-0.39, 0.29) is 0 Å². The molecule has 3 aromatic carbocycles. The van der Waals surface area contributed by atoms with Gasteiger partial charge in [-0.15, -0.1) is 0 Å². The minimum absolute atomic E-state index is 0.700. The molecule has 0 bridgehead atoms. The fourth-order valence-corrected chi connectivity index (χ4v) is 2.61. The summed E-state index contributed by atoms with van der Waals surface area (Å²) in [6, 6.07) is 15.0. The van der Waals surface area contributed by atoms with Crippen molar-refractivity contribution in [2.45, 2.75) is 0 Å². The number of ether oxygens (including phenoxy) is 1. The molecule has 0 radical (unpaired) electrons. The maximum atomic E-state index is 5.61. The normalized spacial score (nSPS) is 13.8. The van der Waals surface area contributed by atoms with Crippen molar-refractivity contribution >= 4 is 27.6 Å². The van der Waals surface area contributed by atoms with Crippen LogP contribution in [0.1, 0.15) is 0 Å². The van der Waals surface area contributed by atoms with E-state index in [0.717, 1.165) is 5.75 Å². The lowest BCUT2D eigenvalue weighted by Crippen LogP contribution is -2.01. The summed E-state index contributed by atoms with van der Waals surface area (Å²) in [5, 5.41) is 6.48. The van der Waals surface area contributed by atoms with Gasteiger partial charge in [-0.1, -0.05) is 36.4 Å². The zero-order valence-corrected chi connectivity index (χ0v) is 8.73. The lowest BCUT2D eigenvalue weighted by atomic mass is 9.99. The third-order valence-electron chi connectivity index (χ3n) is 3.31. The molecule has 0 N–H and O–H groups in total. The Morgan fingerprint density at radius 1 is 0.938 bits per heavy atom. The van der Waals surface area contributed by atoms with E-state index >= 15 is 0 Å². The van der Waals surface area contributed by atoms with Gasteiger partial charge in [0.1, 0.15) is 12.4 Å². The summed E-state index contributed by atoms with van der Waals surface area (Å²) in [6.07, 6.45) is 2.16. The van der Waals surface area contributed by atoms with Gasteiger partial charge in [0, 0.05) is 5.22 Å². The standard InChI is InChI=1S/C15H10O/c1-3-10-4-2-6-13-12-7-8-16-14(12)9-11(5-1)15(10)13/h1-7,9H,8H2. The summed E-state index contributed by atoms with van der Waals surface area (Å²) in [5.74, 6) is 1.02. The quantitative estimate of drug-likeness (QED) is 0.549. The predicted molar refractivity (Wildman–Crippen MR) is 66.6 cm³/mol. The Kier molecular flexibility index (Phi) is 1.41. The number of hydrogen-bond acceptors (Lipinski definition) is 1. The van der Waals surface area contributed by atoms with E-state index in [2.05, 4.69) is 48.5 Å². The molecule has 0 saturated heterocycles. The molecule has 1 nitrogen and oxygen atoms in total. The van der Waals surface area contributed by atoms with Crippen molar-refractivity contribution in [3.05, 3.63) is 47.7 Å². The molecule has 0 spiro atoms. The second-order valence-electron chi connectivity index (χ2n) is 4.19. The Balaban J connectivity index is 2.42. The van der Waals surface area contributed by atoms with Gasteiger partial charge in [-0.05, 0) is 33.7 Å². The van der Waals surface area contributed by atoms with Gasteiger partial charge in [-0.2, -0.15) is 0 Å². The van der Waals surface area contributed by atoms with Crippen LogP contribution in [0.2, 0.25) is 0 Å². The van der Waals surface area contributed by atoms with Gasteiger partial charge < -0.3 is 4.74 Å². The Hall–Kier alpha value is -2.02. The fourth-order valence-electron chi connectivity index (χ4n) is 2.61. The van der Waals surface area contributed by atoms with Gasteiger partial charge in [0.05, 0.1) is 0 Å². The van der Waals surface area contributed by atoms with Crippen molar-refractivity contribution in [1.82, 2.24) is 0 Å². The molecule has 16 heavy (non-hydrogen) atoms. The molecular formula is C15H10O. The Morgan fingerprint density at radius 2 is 1.75 bits per heavy atom. The van der Waals surface area contributed by atoms with Crippen LogP contribution in [0, 0.1) is 0 Å². The zero-order valence-electron chi connectivity index (χ0n) is 8.73. The highest BCUT2D eigenvalue weighted by Crippen LogP contribution is 2.28. The molecule has 0 amide bonds. The van der Waals surface area contributed by atoms with E-state index in [1.165, 1.54) is 26.8 Å². The minimum atomic E-state index is 0.700. The van der Waals surface area contributed by atoms with E-state index in [0.29, 0.717) is 6.61 Å². The first kappa shape index (κ1) is 8.17. The molecule has 1 heteroatoms. The Labute approximate surface area is 92.9 Å². The first-order chi connectivity index (χ1) is 7.93. The van der Waals surface area contributed by atoms with Crippen LogP contribution in [-0.2, 0) is 0 Å². The van der Waals surface area contributed by atoms with E-state index in [9.17, 15) is 0 Å². The van der Waals surface area contributed by atoms with Crippen molar-refractivity contribution in [2.24, 2.45) is 0 Å². The second kappa shape index (κ2) is 2.76. The molecule has 0 atom stereocenters. The van der Waals surface area contributed by atoms with E-state index < -0.39 is 0 Å². The highest BCUT2D eigenvalue weighted by atomic mass is 16.5. The van der Waals surface area contributed by atoms with Crippen LogP contribution in [0.4, 0.5) is 0 Å². The van der Waals surface area contributed by atoms with Crippen LogP contribution in [0.15, 0.2) is 42.5 Å². The van der Waals surface area contributed by atoms with Gasteiger partial charge >= 0.3 is 0 Å². The highest BCUT2D eigenvalue weighted by Gasteiger charge is 2.10. The number of fused-ring (bicyclic) bond motifs is 2. The van der Waals surface area contributed by atoms with Crippen molar-refractivity contribution in [3.63, 3.8) is 0 Å². The van der Waals surface area contributed by atoms with E-state index in [1.54, 1.807) is 0 Å². The summed E-state index contributed by atoms with van der Waals surface area (Å²) >= 11 is 0. The highest BCUT2D eigenvalue weighted by molar-refractivity contribution is 6.11. The monoisotopic (exact) mass is 206 g/mol. The van der Waals surface area contributed by atoms with Crippen molar-refractivity contribution < 1.29 is 4.74 Å². The van der Waals surface area contributed by atoms with Crippen LogP contribution < -0.4 is 9.96 Å². The Morgan fingerprint density at radius 3 is 2.69 bits per heavy atom. The van der Waals surface area contributed by atoms with Gasteiger partial charge in [0.15, 0.2) is 0 Å². The van der Waals surface area contributed by atoms with Crippen LogP contribution in [0.25, 0.3) is 27.6 Å². The molecule has 1 aliphatic heterocycles. The maximum Gasteiger partial charge on any atom is 0.128 e. The molecule has 1 heterocycles. The summed E-state index contributed by atoms with van der Waals surface area (Å²) in [7, 11) is 0. The molecule has 0 aliphatic carbocycles. The SMILES string of the molecule is C1=c2c(cc3cccc4cccc2c43)OC1. The third-order valence-corrected chi connectivity index (χ3v) is 3.31. The van der Waals surface area contributed by atoms with Gasteiger partial charge in [0.2, 0.25) is 0 Å². The first-order valence-corrected chi connectivity index (χ1v) is 5.51. The zero-order chi connectivity index (χ0) is 10.5. The maximum absolute atomic E-state index is 5.61. The van der Waals surface area contributed by atoms with Crippen LogP contribution in [0.3, 0.4) is 0 Å². The number of rotatable bonds is 0. The lowest BCUT2D eigenvalue weighted by molar-refractivity contribution is 0.386. The largest absolute Gasteiger partial charge is 0.489 e. The van der Waals surface area contributed by atoms with Crippen molar-refractivity contribution in [1.29, 1.82) is 0 Å². The predicted octanol–water partition coefficient (Wildman–Crippen LogP) is 2.88. The van der Waals surface area contributed by atoms with Crippen molar-refractivity contribution in [3.8, 4) is 5.75 Å².